The molecule has 0 heterocycles. The summed E-state index contributed by atoms with van der Waals surface area (Å²) >= 11 is 0. The highest BCUT2D eigenvalue weighted by atomic mass is 16.6. The van der Waals surface area contributed by atoms with Gasteiger partial charge < -0.3 is 4.74 Å². The molecule has 4 heteroatoms. The number of carbonyl (C=O) groups is 3. The molecule has 0 aromatic rings. The number of ether oxygens (including phenoxy) is 1. The van der Waals surface area contributed by atoms with Crippen molar-refractivity contribution in [3.8, 4) is 0 Å². The summed E-state index contributed by atoms with van der Waals surface area (Å²) in [6, 6.07) is 0. The van der Waals surface area contributed by atoms with Gasteiger partial charge in [0, 0.05) is 18.8 Å². The molecule has 0 aromatic carbocycles. The van der Waals surface area contributed by atoms with Gasteiger partial charge in [-0.05, 0) is 80.6 Å². The van der Waals surface area contributed by atoms with Gasteiger partial charge in [0.25, 0.3) is 0 Å². The molecule has 4 rings (SSSR count). The first-order valence-electron chi connectivity index (χ1n) is 11.0. The van der Waals surface area contributed by atoms with E-state index in [0.29, 0.717) is 36.5 Å². The number of carbonyl (C=O) groups excluding carboxylic acids is 3. The van der Waals surface area contributed by atoms with Crippen molar-refractivity contribution in [1.29, 1.82) is 0 Å². The molecule has 7 atom stereocenters. The predicted molar refractivity (Wildman–Crippen MR) is 106 cm³/mol. The Kier molecular flexibility index (Phi) is 4.45. The summed E-state index contributed by atoms with van der Waals surface area (Å²) in [6.07, 6.45) is 8.19. The second kappa shape index (κ2) is 6.27. The van der Waals surface area contributed by atoms with Gasteiger partial charge in [0.1, 0.15) is 0 Å². The molecule has 3 fully saturated rings. The van der Waals surface area contributed by atoms with Crippen LogP contribution in [0, 0.1) is 34.5 Å². The quantitative estimate of drug-likeness (QED) is 0.648. The third-order valence-corrected chi connectivity index (χ3v) is 9.29. The van der Waals surface area contributed by atoms with E-state index in [1.807, 2.05) is 6.08 Å². The van der Waals surface area contributed by atoms with Crippen molar-refractivity contribution in [3.63, 3.8) is 0 Å². The molecule has 4 nitrogen and oxygen atoms in total. The van der Waals surface area contributed by atoms with Gasteiger partial charge in [-0.2, -0.15) is 0 Å². The van der Waals surface area contributed by atoms with Gasteiger partial charge in [-0.1, -0.05) is 26.3 Å². The van der Waals surface area contributed by atoms with E-state index in [9.17, 15) is 14.4 Å². The summed E-state index contributed by atoms with van der Waals surface area (Å²) < 4.78 is 5.84. The summed E-state index contributed by atoms with van der Waals surface area (Å²) in [5.41, 5.74) is 0.218. The maximum atomic E-state index is 12.8. The van der Waals surface area contributed by atoms with E-state index in [2.05, 4.69) is 20.8 Å². The van der Waals surface area contributed by atoms with E-state index < -0.39 is 5.60 Å². The predicted octanol–water partition coefficient (Wildman–Crippen LogP) is 4.66. The molecule has 0 N–H and O–H groups in total. The molecule has 0 amide bonds. The molecule has 0 bridgehead atoms. The molecule has 0 unspecified atom stereocenters. The van der Waals surface area contributed by atoms with Crippen LogP contribution in [0.3, 0.4) is 0 Å². The minimum absolute atomic E-state index is 0.00469. The van der Waals surface area contributed by atoms with E-state index >= 15 is 0 Å². The molecule has 3 saturated carbocycles. The number of allylic oxidation sites excluding steroid dienone is 1. The molecule has 0 aliphatic heterocycles. The van der Waals surface area contributed by atoms with Crippen LogP contribution in [0.1, 0.15) is 79.6 Å². The number of esters is 1. The lowest BCUT2D eigenvalue weighted by Crippen LogP contribution is -2.59. The van der Waals surface area contributed by atoms with Crippen LogP contribution >= 0.6 is 0 Å². The largest absolute Gasteiger partial charge is 0.451 e. The van der Waals surface area contributed by atoms with Crippen LogP contribution in [0.2, 0.25) is 0 Å². The van der Waals surface area contributed by atoms with Gasteiger partial charge in [-0.15, -0.1) is 0 Å². The Balaban J connectivity index is 1.73. The molecule has 0 aromatic heterocycles. The van der Waals surface area contributed by atoms with Crippen LogP contribution in [-0.2, 0) is 19.1 Å². The molecule has 28 heavy (non-hydrogen) atoms. The third kappa shape index (κ3) is 2.45. The zero-order valence-corrected chi connectivity index (χ0v) is 18.0. The smallest absolute Gasteiger partial charge is 0.303 e. The maximum Gasteiger partial charge on any atom is 0.303 e. The average Bonchev–Trinajstić information content (AvgIpc) is 2.90. The van der Waals surface area contributed by atoms with E-state index in [4.69, 9.17) is 4.74 Å². The van der Waals surface area contributed by atoms with Crippen LogP contribution in [0.25, 0.3) is 0 Å². The van der Waals surface area contributed by atoms with Gasteiger partial charge in [0.2, 0.25) is 0 Å². The first-order chi connectivity index (χ1) is 13.0. The number of rotatable bonds is 2. The molecule has 4 aliphatic rings. The Morgan fingerprint density at radius 3 is 2.39 bits per heavy atom. The lowest BCUT2D eigenvalue weighted by molar-refractivity contribution is -0.187. The standard InChI is InChI=1S/C24H34O4/c1-14-12-18-19(22(4)9-6-17(27)13-21(14)22)7-10-23(5)20(18)8-11-24(23,15(2)25)28-16(3)26/h13-14,18-20H,6-12H2,1-5H3/t14-,18-,19+,20+,22+,23-,24-/m0/s1. The van der Waals surface area contributed by atoms with Crippen LogP contribution in [0.15, 0.2) is 11.6 Å². The Morgan fingerprint density at radius 1 is 1.07 bits per heavy atom. The first kappa shape index (κ1) is 19.8. The highest BCUT2D eigenvalue weighted by molar-refractivity contribution is 5.92. The fourth-order valence-electron chi connectivity index (χ4n) is 8.05. The lowest BCUT2D eigenvalue weighted by atomic mass is 9.44. The van der Waals surface area contributed by atoms with Crippen LogP contribution in [0.5, 0.6) is 0 Å². The lowest BCUT2D eigenvalue weighted by Gasteiger charge is -2.60. The zero-order valence-electron chi connectivity index (χ0n) is 18.0. The fourth-order valence-corrected chi connectivity index (χ4v) is 8.05. The van der Waals surface area contributed by atoms with Gasteiger partial charge in [-0.25, -0.2) is 0 Å². The number of hydrogen-bond acceptors (Lipinski definition) is 4. The molecule has 4 aliphatic carbocycles. The summed E-state index contributed by atoms with van der Waals surface area (Å²) in [5.74, 6) is 1.82. The van der Waals surface area contributed by atoms with Crippen molar-refractivity contribution in [2.24, 2.45) is 34.5 Å². The van der Waals surface area contributed by atoms with Crippen molar-refractivity contribution in [2.45, 2.75) is 85.2 Å². The van der Waals surface area contributed by atoms with Gasteiger partial charge in [0.05, 0.1) is 0 Å². The Labute approximate surface area is 168 Å². The van der Waals surface area contributed by atoms with E-state index in [1.54, 1.807) is 6.92 Å². The van der Waals surface area contributed by atoms with Crippen LogP contribution in [-0.4, -0.2) is 23.1 Å². The number of fused-ring (bicyclic) bond motifs is 5. The minimum Gasteiger partial charge on any atom is -0.451 e. The second-order valence-corrected chi connectivity index (χ2v) is 10.5. The summed E-state index contributed by atoms with van der Waals surface area (Å²) in [7, 11) is 0. The van der Waals surface area contributed by atoms with Crippen molar-refractivity contribution in [2.75, 3.05) is 0 Å². The maximum absolute atomic E-state index is 12.8. The first-order valence-corrected chi connectivity index (χ1v) is 11.0. The molecule has 0 radical (unpaired) electrons. The van der Waals surface area contributed by atoms with Gasteiger partial charge in [-0.3, -0.25) is 14.4 Å². The SMILES string of the molecule is CC(=O)O[C@]1(C(C)=O)CC[C@@H]2[C@H]3C[C@H](C)C4=CC(=O)CC[C@]4(C)[C@@H]3CC[C@@]21C. The van der Waals surface area contributed by atoms with E-state index in [0.717, 1.165) is 32.1 Å². The van der Waals surface area contributed by atoms with E-state index in [-0.39, 0.29) is 28.4 Å². The molecular weight excluding hydrogens is 352 g/mol. The van der Waals surface area contributed by atoms with Crippen molar-refractivity contribution in [3.05, 3.63) is 11.6 Å². The van der Waals surface area contributed by atoms with Crippen LogP contribution in [0.4, 0.5) is 0 Å². The third-order valence-electron chi connectivity index (χ3n) is 9.29. The zero-order chi connectivity index (χ0) is 20.5. The van der Waals surface area contributed by atoms with E-state index in [1.165, 1.54) is 12.5 Å². The number of ketones is 2. The normalized spacial score (nSPS) is 47.5. The highest BCUT2D eigenvalue weighted by Gasteiger charge is 2.68. The number of hydrogen-bond donors (Lipinski definition) is 0. The second-order valence-electron chi connectivity index (χ2n) is 10.5. The monoisotopic (exact) mass is 386 g/mol. The average molecular weight is 387 g/mol. The molecule has 0 spiro atoms. The molecule has 0 saturated heterocycles. The van der Waals surface area contributed by atoms with Crippen molar-refractivity contribution < 1.29 is 19.1 Å². The fraction of sp³-hybridized carbons (Fsp3) is 0.792. The molecule has 154 valence electrons. The number of Topliss-reactive ketones (excluding diaryl/α,β-unsaturated/α-hetero) is 1. The van der Waals surface area contributed by atoms with Crippen molar-refractivity contribution in [1.82, 2.24) is 0 Å². The van der Waals surface area contributed by atoms with Crippen LogP contribution < -0.4 is 0 Å². The van der Waals surface area contributed by atoms with Crippen molar-refractivity contribution >= 4 is 17.5 Å². The highest BCUT2D eigenvalue weighted by Crippen LogP contribution is 2.69. The Morgan fingerprint density at radius 2 is 1.75 bits per heavy atom. The van der Waals surface area contributed by atoms with Gasteiger partial charge in [0.15, 0.2) is 17.2 Å². The van der Waals surface area contributed by atoms with Gasteiger partial charge >= 0.3 is 5.97 Å². The Hall–Kier alpha value is -1.45. The summed E-state index contributed by atoms with van der Waals surface area (Å²) in [4.78, 5) is 36.8. The summed E-state index contributed by atoms with van der Waals surface area (Å²) in [6.45, 7) is 9.87. The topological polar surface area (TPSA) is 60.4 Å². The summed E-state index contributed by atoms with van der Waals surface area (Å²) in [5, 5.41) is 0. The Bertz CT molecular complexity index is 767. The minimum atomic E-state index is -0.961. The molecular formula is C24H34O4.